The minimum atomic E-state index is -3.03. The van der Waals surface area contributed by atoms with Gasteiger partial charge < -0.3 is 14.7 Å². The van der Waals surface area contributed by atoms with Gasteiger partial charge in [-0.3, -0.25) is 4.79 Å². The molecule has 0 aliphatic carbocycles. The van der Waals surface area contributed by atoms with Crippen molar-refractivity contribution in [1.82, 2.24) is 19.8 Å². The number of sulfone groups is 1. The highest BCUT2D eigenvalue weighted by molar-refractivity contribution is 7.91. The molecule has 0 bridgehead atoms. The molecule has 26 heavy (non-hydrogen) atoms. The second-order valence-corrected chi connectivity index (χ2v) is 9.07. The summed E-state index contributed by atoms with van der Waals surface area (Å²) in [5, 5.41) is 0. The lowest BCUT2D eigenvalue weighted by Crippen LogP contribution is -2.46. The summed E-state index contributed by atoms with van der Waals surface area (Å²) in [5.41, 5.74) is 0.409. The lowest BCUT2D eigenvalue weighted by Gasteiger charge is -2.34. The highest BCUT2D eigenvalue weighted by Gasteiger charge is 2.34. The first-order valence-corrected chi connectivity index (χ1v) is 11.1. The third-order valence-corrected chi connectivity index (χ3v) is 6.99. The zero-order valence-corrected chi connectivity index (χ0v) is 16.3. The van der Waals surface area contributed by atoms with Gasteiger partial charge in [-0.05, 0) is 19.9 Å². The predicted octanol–water partition coefficient (Wildman–Crippen LogP) is 0.268. The molecule has 3 rings (SSSR count). The Bertz CT molecular complexity index is 729. The van der Waals surface area contributed by atoms with Gasteiger partial charge in [-0.15, -0.1) is 0 Å². The molecule has 2 saturated heterocycles. The van der Waals surface area contributed by atoms with Crippen LogP contribution in [0.2, 0.25) is 0 Å². The Morgan fingerprint density at radius 1 is 1.19 bits per heavy atom. The first-order valence-electron chi connectivity index (χ1n) is 9.24. The molecule has 0 aromatic carbocycles. The average Bonchev–Trinajstić information content (AvgIpc) is 3.02. The molecule has 2 aliphatic heterocycles. The third-order valence-electron chi connectivity index (χ3n) is 5.24. The van der Waals surface area contributed by atoms with Crippen molar-refractivity contribution in [2.45, 2.75) is 26.3 Å². The maximum Gasteiger partial charge on any atom is 0.257 e. The molecule has 0 saturated carbocycles. The van der Waals surface area contributed by atoms with Crippen LogP contribution in [0.15, 0.2) is 12.4 Å². The first kappa shape index (κ1) is 19.0. The van der Waals surface area contributed by atoms with E-state index in [4.69, 9.17) is 0 Å². The van der Waals surface area contributed by atoms with E-state index in [1.807, 2.05) is 6.92 Å². The van der Waals surface area contributed by atoms with Crippen molar-refractivity contribution >= 4 is 21.7 Å². The van der Waals surface area contributed by atoms with Gasteiger partial charge in [0.2, 0.25) is 5.95 Å². The molecule has 1 atom stereocenters. The molecule has 8 nitrogen and oxygen atoms in total. The van der Waals surface area contributed by atoms with Gasteiger partial charge in [-0.1, -0.05) is 6.92 Å². The number of anilines is 1. The van der Waals surface area contributed by atoms with Gasteiger partial charge in [0.25, 0.3) is 5.91 Å². The van der Waals surface area contributed by atoms with Crippen LogP contribution in [0.1, 0.15) is 30.6 Å². The summed E-state index contributed by atoms with van der Waals surface area (Å²) in [5.74, 6) is 0.647. The molecule has 144 valence electrons. The van der Waals surface area contributed by atoms with Crippen molar-refractivity contribution in [3.8, 4) is 0 Å². The van der Waals surface area contributed by atoms with Crippen LogP contribution in [0.3, 0.4) is 0 Å². The maximum atomic E-state index is 12.8. The zero-order valence-electron chi connectivity index (χ0n) is 15.5. The molecule has 0 spiro atoms. The number of hydrogen-bond acceptors (Lipinski definition) is 7. The fourth-order valence-electron chi connectivity index (χ4n) is 3.61. The molecule has 2 fully saturated rings. The van der Waals surface area contributed by atoms with Crippen LogP contribution >= 0.6 is 0 Å². The van der Waals surface area contributed by atoms with Crippen molar-refractivity contribution < 1.29 is 13.2 Å². The van der Waals surface area contributed by atoms with Crippen molar-refractivity contribution in [2.24, 2.45) is 0 Å². The topological polar surface area (TPSA) is 86.7 Å². The van der Waals surface area contributed by atoms with Gasteiger partial charge in [0.05, 0.1) is 17.1 Å². The summed E-state index contributed by atoms with van der Waals surface area (Å²) in [6.45, 7) is 9.27. The highest BCUT2D eigenvalue weighted by atomic mass is 32.2. The number of carbonyl (C=O) groups is 1. The molecule has 0 N–H and O–H groups in total. The number of likely N-dealkylation sites (N-methyl/N-ethyl adjacent to an activating group) is 1. The lowest BCUT2D eigenvalue weighted by atomic mass is 10.2. The fraction of sp³-hybridized carbons (Fsp3) is 0.706. The second-order valence-electron chi connectivity index (χ2n) is 6.84. The minimum Gasteiger partial charge on any atom is -0.338 e. The van der Waals surface area contributed by atoms with E-state index < -0.39 is 9.84 Å². The van der Waals surface area contributed by atoms with E-state index in [-0.39, 0.29) is 23.5 Å². The number of aromatic nitrogens is 2. The molecule has 1 unspecified atom stereocenters. The zero-order chi connectivity index (χ0) is 18.7. The number of piperazine rings is 1. The highest BCUT2D eigenvalue weighted by Crippen LogP contribution is 2.20. The van der Waals surface area contributed by atoms with E-state index in [0.717, 1.165) is 32.7 Å². The number of hydrogen-bond donors (Lipinski definition) is 0. The van der Waals surface area contributed by atoms with Crippen LogP contribution < -0.4 is 4.90 Å². The molecule has 1 amide bonds. The second kappa shape index (κ2) is 7.87. The Morgan fingerprint density at radius 2 is 1.85 bits per heavy atom. The van der Waals surface area contributed by atoms with Crippen molar-refractivity contribution in [3.05, 3.63) is 18.0 Å². The molecule has 1 aromatic heterocycles. The van der Waals surface area contributed by atoms with Crippen molar-refractivity contribution in [1.29, 1.82) is 0 Å². The Labute approximate surface area is 155 Å². The largest absolute Gasteiger partial charge is 0.338 e. The van der Waals surface area contributed by atoms with Gasteiger partial charge in [0.15, 0.2) is 9.84 Å². The average molecular weight is 382 g/mol. The lowest BCUT2D eigenvalue weighted by molar-refractivity contribution is 0.0707. The Kier molecular flexibility index (Phi) is 5.76. The fourth-order valence-corrected chi connectivity index (χ4v) is 5.34. The summed E-state index contributed by atoms with van der Waals surface area (Å²) in [6.07, 6.45) is 3.62. The number of nitrogens with zero attached hydrogens (tertiary/aromatic N) is 5. The molecule has 0 radical (unpaired) electrons. The summed E-state index contributed by atoms with van der Waals surface area (Å²) in [6, 6.07) is -0.251. The molecular weight excluding hydrogens is 354 g/mol. The van der Waals surface area contributed by atoms with Crippen LogP contribution in [-0.4, -0.2) is 90.9 Å². The van der Waals surface area contributed by atoms with E-state index >= 15 is 0 Å². The molecule has 9 heteroatoms. The van der Waals surface area contributed by atoms with Gasteiger partial charge in [0.1, 0.15) is 0 Å². The molecular formula is C17H27N5O3S. The van der Waals surface area contributed by atoms with E-state index in [0.29, 0.717) is 24.5 Å². The Hall–Kier alpha value is -1.74. The third kappa shape index (κ3) is 4.15. The molecule has 1 aromatic rings. The summed E-state index contributed by atoms with van der Waals surface area (Å²) < 4.78 is 23.4. The SMILES string of the molecule is CCN1CCN(c2ncc(C(=O)N(CC)C3CCS(=O)(=O)C3)cn2)CC1. The Morgan fingerprint density at radius 3 is 2.35 bits per heavy atom. The van der Waals surface area contributed by atoms with Crippen LogP contribution in [0.5, 0.6) is 0 Å². The normalized spacial score (nSPS) is 23.2. The smallest absolute Gasteiger partial charge is 0.257 e. The van der Waals surface area contributed by atoms with E-state index in [2.05, 4.69) is 26.7 Å². The van der Waals surface area contributed by atoms with E-state index in [1.54, 1.807) is 17.3 Å². The standard InChI is InChI=1S/C17H27N5O3S/c1-3-20-6-8-21(9-7-20)17-18-11-14(12-19-17)16(23)22(4-2)15-5-10-26(24,25)13-15/h11-12,15H,3-10,13H2,1-2H3. The van der Waals surface area contributed by atoms with E-state index in [1.165, 1.54) is 0 Å². The number of rotatable bonds is 5. The van der Waals surface area contributed by atoms with Gasteiger partial charge >= 0.3 is 0 Å². The summed E-state index contributed by atoms with van der Waals surface area (Å²) in [4.78, 5) is 27.7. The van der Waals surface area contributed by atoms with E-state index in [9.17, 15) is 13.2 Å². The quantitative estimate of drug-likeness (QED) is 0.723. The van der Waals surface area contributed by atoms with Gasteiger partial charge in [0, 0.05) is 51.2 Å². The van der Waals surface area contributed by atoms with Crippen LogP contribution in [0, 0.1) is 0 Å². The van der Waals surface area contributed by atoms with Crippen LogP contribution in [0.25, 0.3) is 0 Å². The van der Waals surface area contributed by atoms with Crippen molar-refractivity contribution in [3.63, 3.8) is 0 Å². The first-order chi connectivity index (χ1) is 12.4. The molecule has 3 heterocycles. The van der Waals surface area contributed by atoms with Gasteiger partial charge in [-0.2, -0.15) is 0 Å². The van der Waals surface area contributed by atoms with Crippen LogP contribution in [-0.2, 0) is 9.84 Å². The number of amides is 1. The number of carbonyl (C=O) groups excluding carboxylic acids is 1. The van der Waals surface area contributed by atoms with Crippen molar-refractivity contribution in [2.75, 3.05) is 55.7 Å². The van der Waals surface area contributed by atoms with Gasteiger partial charge in [-0.25, -0.2) is 18.4 Å². The summed E-state index contributed by atoms with van der Waals surface area (Å²) >= 11 is 0. The summed E-state index contributed by atoms with van der Waals surface area (Å²) in [7, 11) is -3.03. The predicted molar refractivity (Wildman–Crippen MR) is 100 cm³/mol. The maximum absolute atomic E-state index is 12.8. The molecule has 2 aliphatic rings. The van der Waals surface area contributed by atoms with Crippen LogP contribution in [0.4, 0.5) is 5.95 Å². The monoisotopic (exact) mass is 381 g/mol. The Balaban J connectivity index is 1.66. The minimum absolute atomic E-state index is 0.0488.